The molecule has 1 heterocycles. The molecule has 0 aromatic heterocycles. The predicted molar refractivity (Wildman–Crippen MR) is 82.6 cm³/mol. The van der Waals surface area contributed by atoms with E-state index >= 15 is 0 Å². The fourth-order valence-corrected chi connectivity index (χ4v) is 2.60. The number of carbonyl (C=O) groups excluding carboxylic acids is 1. The number of aliphatic carboxylic acids is 1. The number of amides is 1. The van der Waals surface area contributed by atoms with Crippen LogP contribution >= 0.6 is 12.4 Å². The molecule has 0 saturated carbocycles. The smallest absolute Gasteiger partial charge is 0.322 e. The van der Waals surface area contributed by atoms with Crippen LogP contribution in [0.2, 0.25) is 0 Å². The van der Waals surface area contributed by atoms with Gasteiger partial charge in [0.1, 0.15) is 6.54 Å². The number of hydrogen-bond donors (Lipinski definition) is 2. The third-order valence-corrected chi connectivity index (χ3v) is 3.54. The van der Waals surface area contributed by atoms with E-state index in [0.717, 1.165) is 25.9 Å². The predicted octanol–water partition coefficient (Wildman–Crippen LogP) is 1.17. The van der Waals surface area contributed by atoms with Crippen molar-refractivity contribution in [2.75, 3.05) is 26.2 Å². The minimum absolute atomic E-state index is 0. The quantitative estimate of drug-likeness (QED) is 0.827. The van der Waals surface area contributed by atoms with E-state index in [1.165, 1.54) is 5.56 Å². The van der Waals surface area contributed by atoms with Crippen LogP contribution in [-0.2, 0) is 16.0 Å². The molecule has 0 radical (unpaired) electrons. The molecule has 1 saturated heterocycles. The lowest BCUT2D eigenvalue weighted by Crippen LogP contribution is -2.38. The van der Waals surface area contributed by atoms with Crippen molar-refractivity contribution in [1.82, 2.24) is 10.2 Å². The molecule has 1 aromatic carbocycles. The lowest BCUT2D eigenvalue weighted by atomic mass is 9.99. The van der Waals surface area contributed by atoms with Crippen LogP contribution in [0.3, 0.4) is 0 Å². The highest BCUT2D eigenvalue weighted by Gasteiger charge is 2.24. The highest BCUT2D eigenvalue weighted by molar-refractivity contribution is 5.85. The number of halogens is 1. The van der Waals surface area contributed by atoms with Crippen molar-refractivity contribution in [2.45, 2.75) is 12.8 Å². The number of nitrogens with one attached hydrogen (secondary N) is 1. The topological polar surface area (TPSA) is 69.6 Å². The Morgan fingerprint density at radius 3 is 2.67 bits per heavy atom. The molecule has 2 rings (SSSR count). The van der Waals surface area contributed by atoms with Crippen LogP contribution in [0.4, 0.5) is 0 Å². The monoisotopic (exact) mass is 312 g/mol. The van der Waals surface area contributed by atoms with E-state index in [1.807, 2.05) is 18.2 Å². The molecule has 1 fully saturated rings. The lowest BCUT2D eigenvalue weighted by Gasteiger charge is -2.15. The second kappa shape index (κ2) is 8.64. The first kappa shape index (κ1) is 17.5. The number of benzene rings is 1. The zero-order valence-electron chi connectivity index (χ0n) is 11.8. The van der Waals surface area contributed by atoms with Gasteiger partial charge >= 0.3 is 5.97 Å². The van der Waals surface area contributed by atoms with Crippen LogP contribution in [-0.4, -0.2) is 48.1 Å². The maximum atomic E-state index is 11.6. The van der Waals surface area contributed by atoms with Gasteiger partial charge in [-0.3, -0.25) is 14.5 Å². The molecule has 1 aromatic rings. The Balaban J connectivity index is 0.00000220. The summed E-state index contributed by atoms with van der Waals surface area (Å²) in [6.07, 6.45) is 2.12. The fraction of sp³-hybridized carbons (Fsp3) is 0.467. The zero-order chi connectivity index (χ0) is 14.4. The van der Waals surface area contributed by atoms with Crippen molar-refractivity contribution in [2.24, 2.45) is 5.92 Å². The molecule has 0 aliphatic carbocycles. The molecule has 1 atom stereocenters. The van der Waals surface area contributed by atoms with E-state index in [2.05, 4.69) is 22.3 Å². The van der Waals surface area contributed by atoms with Crippen LogP contribution in [0.15, 0.2) is 30.3 Å². The van der Waals surface area contributed by atoms with Crippen LogP contribution < -0.4 is 5.32 Å². The molecule has 2 N–H and O–H groups in total. The largest absolute Gasteiger partial charge is 0.480 e. The number of likely N-dealkylation sites (tertiary alicyclic amines) is 1. The highest BCUT2D eigenvalue weighted by Crippen LogP contribution is 2.20. The Kier molecular flexibility index (Phi) is 7.19. The zero-order valence-corrected chi connectivity index (χ0v) is 12.6. The summed E-state index contributed by atoms with van der Waals surface area (Å²) in [4.78, 5) is 24.0. The van der Waals surface area contributed by atoms with Crippen molar-refractivity contribution >= 4 is 24.3 Å². The number of carbonyl (C=O) groups is 2. The summed E-state index contributed by atoms with van der Waals surface area (Å²) in [6.45, 7) is 1.78. The normalized spacial score (nSPS) is 18.0. The molecule has 0 spiro atoms. The minimum Gasteiger partial charge on any atom is -0.480 e. The maximum absolute atomic E-state index is 11.6. The van der Waals surface area contributed by atoms with Gasteiger partial charge < -0.3 is 10.4 Å². The third-order valence-electron chi connectivity index (χ3n) is 3.54. The SMILES string of the molecule is Cl.O=C(O)CNC(=O)CN1CCC(Cc2ccccc2)C1. The van der Waals surface area contributed by atoms with Crippen LogP contribution in [0.5, 0.6) is 0 Å². The van der Waals surface area contributed by atoms with E-state index in [4.69, 9.17) is 5.11 Å². The summed E-state index contributed by atoms with van der Waals surface area (Å²) < 4.78 is 0. The standard InChI is InChI=1S/C15H20N2O3.ClH/c18-14(16-9-15(19)20)11-17-7-6-13(10-17)8-12-4-2-1-3-5-12;/h1-5,13H,6-11H2,(H,16,18)(H,19,20);1H. The van der Waals surface area contributed by atoms with Crippen molar-refractivity contribution in [3.63, 3.8) is 0 Å². The van der Waals surface area contributed by atoms with Gasteiger partial charge in [0.15, 0.2) is 0 Å². The molecule has 21 heavy (non-hydrogen) atoms. The van der Waals surface area contributed by atoms with Crippen molar-refractivity contribution in [1.29, 1.82) is 0 Å². The van der Waals surface area contributed by atoms with Gasteiger partial charge in [-0.2, -0.15) is 0 Å². The minimum atomic E-state index is -1.01. The van der Waals surface area contributed by atoms with Gasteiger partial charge in [0, 0.05) is 6.54 Å². The van der Waals surface area contributed by atoms with Gasteiger partial charge in [-0.15, -0.1) is 12.4 Å². The number of rotatable bonds is 6. The summed E-state index contributed by atoms with van der Waals surface area (Å²) in [5.74, 6) is -0.654. The molecule has 0 bridgehead atoms. The average molecular weight is 313 g/mol. The average Bonchev–Trinajstić information content (AvgIpc) is 2.85. The van der Waals surface area contributed by atoms with Gasteiger partial charge in [0.25, 0.3) is 0 Å². The van der Waals surface area contributed by atoms with E-state index in [1.54, 1.807) is 0 Å². The Labute approximate surface area is 130 Å². The Morgan fingerprint density at radius 1 is 1.29 bits per heavy atom. The van der Waals surface area contributed by atoms with Gasteiger partial charge in [0.05, 0.1) is 6.54 Å². The number of hydrogen-bond acceptors (Lipinski definition) is 3. The number of carboxylic acids is 1. The Hall–Kier alpha value is -1.59. The number of carboxylic acid groups (broad SMARTS) is 1. The number of nitrogens with zero attached hydrogens (tertiary/aromatic N) is 1. The molecule has 1 aliphatic heterocycles. The van der Waals surface area contributed by atoms with Crippen LogP contribution in [0.1, 0.15) is 12.0 Å². The highest BCUT2D eigenvalue weighted by atomic mass is 35.5. The Bertz CT molecular complexity index is 467. The van der Waals surface area contributed by atoms with E-state index < -0.39 is 5.97 Å². The molecule has 6 heteroatoms. The molecule has 1 unspecified atom stereocenters. The first-order chi connectivity index (χ1) is 9.63. The van der Waals surface area contributed by atoms with E-state index in [9.17, 15) is 9.59 Å². The van der Waals surface area contributed by atoms with Gasteiger partial charge in [0.2, 0.25) is 5.91 Å². The maximum Gasteiger partial charge on any atom is 0.322 e. The molecule has 5 nitrogen and oxygen atoms in total. The summed E-state index contributed by atoms with van der Waals surface area (Å²) in [6, 6.07) is 10.4. The van der Waals surface area contributed by atoms with Crippen molar-refractivity contribution in [3.05, 3.63) is 35.9 Å². The van der Waals surface area contributed by atoms with Crippen LogP contribution in [0, 0.1) is 5.92 Å². The lowest BCUT2D eigenvalue weighted by molar-refractivity contribution is -0.138. The van der Waals surface area contributed by atoms with Crippen molar-refractivity contribution in [3.8, 4) is 0 Å². The second-order valence-corrected chi connectivity index (χ2v) is 5.25. The molecule has 1 amide bonds. The van der Waals surface area contributed by atoms with Crippen molar-refractivity contribution < 1.29 is 14.7 Å². The van der Waals surface area contributed by atoms with Gasteiger partial charge in [-0.1, -0.05) is 30.3 Å². The molecule has 1 aliphatic rings. The second-order valence-electron chi connectivity index (χ2n) is 5.25. The van der Waals surface area contributed by atoms with Gasteiger partial charge in [-0.05, 0) is 30.9 Å². The summed E-state index contributed by atoms with van der Waals surface area (Å²) in [7, 11) is 0. The van der Waals surface area contributed by atoms with Gasteiger partial charge in [-0.25, -0.2) is 0 Å². The van der Waals surface area contributed by atoms with E-state index in [-0.39, 0.29) is 24.9 Å². The molecule has 116 valence electrons. The third kappa shape index (κ3) is 6.14. The van der Waals surface area contributed by atoms with E-state index in [0.29, 0.717) is 12.5 Å². The first-order valence-electron chi connectivity index (χ1n) is 6.88. The molecular weight excluding hydrogens is 292 g/mol. The Morgan fingerprint density at radius 2 is 2.00 bits per heavy atom. The summed E-state index contributed by atoms with van der Waals surface area (Å²) >= 11 is 0. The van der Waals surface area contributed by atoms with Crippen LogP contribution in [0.25, 0.3) is 0 Å². The first-order valence-corrected chi connectivity index (χ1v) is 6.88. The summed E-state index contributed by atoms with van der Waals surface area (Å²) in [5, 5.41) is 10.9. The fourth-order valence-electron chi connectivity index (χ4n) is 2.60. The summed E-state index contributed by atoms with van der Waals surface area (Å²) in [5.41, 5.74) is 1.33. The molecular formula is C15H21ClN2O3.